The van der Waals surface area contributed by atoms with E-state index in [0.29, 0.717) is 39.2 Å². The second-order valence-corrected chi connectivity index (χ2v) is 15.0. The maximum atomic E-state index is 14.6. The number of carbonyl (C=O) groups is 6. The molecule has 10 heteroatoms. The number of phenols is 1. The lowest BCUT2D eigenvalue weighted by atomic mass is 9.57. The molecule has 5 aromatic carbocycles. The minimum absolute atomic E-state index is 0.136. The normalized spacial score (nSPS) is 23.8. The van der Waals surface area contributed by atoms with Gasteiger partial charge < -0.3 is 9.84 Å². The summed E-state index contributed by atoms with van der Waals surface area (Å²) in [5.41, 5.74) is 3.89. The number of allylic oxidation sites excluding steroid dienone is 2. The van der Waals surface area contributed by atoms with Gasteiger partial charge in [0.25, 0.3) is 0 Å². The number of hydrogen-bond acceptors (Lipinski definition) is 8. The quantitative estimate of drug-likeness (QED) is 0.103. The minimum Gasteiger partial charge on any atom is -0.504 e. The number of carbonyl (C=O) groups excluding carboxylic acids is 6. The fourth-order valence-corrected chi connectivity index (χ4v) is 9.41. The molecule has 3 fully saturated rings. The van der Waals surface area contributed by atoms with Crippen molar-refractivity contribution in [2.45, 2.75) is 18.8 Å². The largest absolute Gasteiger partial charge is 0.504 e. The van der Waals surface area contributed by atoms with Gasteiger partial charge in [-0.05, 0) is 85.0 Å². The number of imide groups is 2. The topological polar surface area (TPSA) is 138 Å². The molecule has 1 N–H and O–H groups in total. The SMILES string of the molecule is COc1ccc([C@H]2C3=CC[C@@H]4C(=O)N(c5ccc(C(=O)c6ccccc6)cc5)C(=O)[C@@H]4[C@@H]3C[C@H]3C(=O)N(c4ccc(C(=O)c5ccccc5)cc4)C(=O)[C@@H]23)cc1O. The summed E-state index contributed by atoms with van der Waals surface area (Å²) in [6, 6.07) is 35.3. The molecule has 2 saturated heterocycles. The molecule has 0 unspecified atom stereocenters. The van der Waals surface area contributed by atoms with Gasteiger partial charge in [0.15, 0.2) is 23.1 Å². The molecule has 2 aliphatic carbocycles. The third-order valence-electron chi connectivity index (χ3n) is 12.1. The van der Waals surface area contributed by atoms with Gasteiger partial charge in [-0.15, -0.1) is 0 Å². The monoisotopic (exact) mass is 756 g/mol. The molecule has 0 spiro atoms. The van der Waals surface area contributed by atoms with Crippen LogP contribution in [0.15, 0.2) is 139 Å². The zero-order valence-corrected chi connectivity index (χ0v) is 30.8. The van der Waals surface area contributed by atoms with Crippen molar-refractivity contribution in [3.8, 4) is 11.5 Å². The van der Waals surface area contributed by atoms with Crippen molar-refractivity contribution in [2.75, 3.05) is 16.9 Å². The molecule has 1 saturated carbocycles. The molecule has 2 aliphatic heterocycles. The first kappa shape index (κ1) is 35.7. The molecule has 57 heavy (non-hydrogen) atoms. The first-order chi connectivity index (χ1) is 27.7. The molecule has 5 aromatic rings. The van der Waals surface area contributed by atoms with Crippen molar-refractivity contribution in [3.63, 3.8) is 0 Å². The van der Waals surface area contributed by atoms with E-state index >= 15 is 0 Å². The van der Waals surface area contributed by atoms with Crippen molar-refractivity contribution in [3.05, 3.63) is 167 Å². The van der Waals surface area contributed by atoms with E-state index in [0.717, 1.165) is 5.57 Å². The highest BCUT2D eigenvalue weighted by molar-refractivity contribution is 6.24. The Morgan fingerprint density at radius 3 is 1.58 bits per heavy atom. The van der Waals surface area contributed by atoms with E-state index < -0.39 is 53.2 Å². The lowest BCUT2D eigenvalue weighted by Crippen LogP contribution is -2.43. The van der Waals surface area contributed by atoms with Gasteiger partial charge in [0.2, 0.25) is 23.6 Å². The van der Waals surface area contributed by atoms with Gasteiger partial charge in [0, 0.05) is 28.2 Å². The van der Waals surface area contributed by atoms with Crippen molar-refractivity contribution in [1.82, 2.24) is 0 Å². The number of aromatic hydroxyl groups is 1. The maximum absolute atomic E-state index is 14.6. The number of fused-ring (bicyclic) bond motifs is 4. The number of rotatable bonds is 8. The standard InChI is InChI=1S/C47H36N2O8/c1-57-38-23-16-30(24-37(38)50)39-33-21-22-34-40(46(55)48(44(34)53)31-17-12-28(13-18-31)42(51)26-8-4-2-5-9-26)35(33)25-36-41(39)47(56)49(45(36)54)32-19-14-29(15-20-32)43(52)27-10-6-3-7-11-27/h2-21,23-24,34-36,39-41,50H,22,25H2,1H3/t34-,35+,36+,39-,40-,41+/m0/s1. The lowest BCUT2D eigenvalue weighted by molar-refractivity contribution is -0.126. The Morgan fingerprint density at radius 2 is 1.07 bits per heavy atom. The van der Waals surface area contributed by atoms with Gasteiger partial charge in [0.1, 0.15) is 0 Å². The summed E-state index contributed by atoms with van der Waals surface area (Å²) < 4.78 is 5.30. The second kappa shape index (κ2) is 14.0. The van der Waals surface area contributed by atoms with Gasteiger partial charge in [-0.25, -0.2) is 0 Å². The van der Waals surface area contributed by atoms with Crippen molar-refractivity contribution >= 4 is 46.6 Å². The van der Waals surface area contributed by atoms with Crippen LogP contribution in [0.1, 0.15) is 56.2 Å². The Morgan fingerprint density at radius 1 is 0.579 bits per heavy atom. The fraction of sp³-hybridized carbons (Fsp3) is 0.191. The van der Waals surface area contributed by atoms with Crippen molar-refractivity contribution < 1.29 is 38.6 Å². The Kier molecular flexibility index (Phi) is 8.76. The Bertz CT molecular complexity index is 2510. The molecule has 0 radical (unpaired) electrons. The van der Waals surface area contributed by atoms with Gasteiger partial charge in [0.05, 0.1) is 42.2 Å². The average molecular weight is 757 g/mol. The van der Waals surface area contributed by atoms with E-state index in [4.69, 9.17) is 4.74 Å². The number of amides is 4. The van der Waals surface area contributed by atoms with Gasteiger partial charge in [-0.2, -0.15) is 0 Å². The number of methoxy groups -OCH3 is 1. The van der Waals surface area contributed by atoms with E-state index in [-0.39, 0.29) is 41.8 Å². The molecule has 2 heterocycles. The van der Waals surface area contributed by atoms with Crippen LogP contribution in [0.4, 0.5) is 11.4 Å². The molecule has 0 aromatic heterocycles. The first-order valence-corrected chi connectivity index (χ1v) is 18.9. The van der Waals surface area contributed by atoms with Crippen molar-refractivity contribution in [1.29, 1.82) is 0 Å². The van der Waals surface area contributed by atoms with Crippen LogP contribution in [0.3, 0.4) is 0 Å². The smallest absolute Gasteiger partial charge is 0.238 e. The number of nitrogens with zero attached hydrogens (tertiary/aromatic N) is 2. The van der Waals surface area contributed by atoms with E-state index in [1.165, 1.54) is 23.0 Å². The zero-order chi connectivity index (χ0) is 39.5. The molecule has 4 amide bonds. The van der Waals surface area contributed by atoms with E-state index in [1.54, 1.807) is 109 Å². The highest BCUT2D eigenvalue weighted by Crippen LogP contribution is 2.59. The predicted octanol–water partition coefficient (Wildman–Crippen LogP) is 6.91. The van der Waals surface area contributed by atoms with Gasteiger partial charge >= 0.3 is 0 Å². The Hall–Kier alpha value is -6.94. The summed E-state index contributed by atoms with van der Waals surface area (Å²) in [7, 11) is 1.43. The van der Waals surface area contributed by atoms with Crippen LogP contribution in [0.2, 0.25) is 0 Å². The lowest BCUT2D eigenvalue weighted by Gasteiger charge is -2.44. The summed E-state index contributed by atoms with van der Waals surface area (Å²) in [5.74, 6) is -6.28. The Balaban J connectivity index is 1.05. The predicted molar refractivity (Wildman–Crippen MR) is 210 cm³/mol. The molecule has 9 rings (SSSR count). The summed E-state index contributed by atoms with van der Waals surface area (Å²) in [6.07, 6.45) is 2.36. The molecule has 10 nitrogen and oxygen atoms in total. The molecule has 6 atom stereocenters. The maximum Gasteiger partial charge on any atom is 0.238 e. The van der Waals surface area contributed by atoms with Crippen molar-refractivity contribution in [2.24, 2.45) is 29.6 Å². The number of ketones is 2. The van der Waals surface area contributed by atoms with Crippen LogP contribution in [0.25, 0.3) is 0 Å². The van der Waals surface area contributed by atoms with E-state index in [2.05, 4.69) is 0 Å². The number of benzene rings is 5. The van der Waals surface area contributed by atoms with Crippen LogP contribution < -0.4 is 14.5 Å². The molecular formula is C47H36N2O8. The summed E-state index contributed by atoms with van der Waals surface area (Å²) in [4.78, 5) is 86.2. The Labute approximate surface area is 328 Å². The fourth-order valence-electron chi connectivity index (χ4n) is 9.41. The first-order valence-electron chi connectivity index (χ1n) is 18.9. The second-order valence-electron chi connectivity index (χ2n) is 15.0. The highest BCUT2D eigenvalue weighted by atomic mass is 16.5. The molecule has 282 valence electrons. The molecule has 4 aliphatic rings. The summed E-state index contributed by atoms with van der Waals surface area (Å²) in [6.45, 7) is 0. The van der Waals surface area contributed by atoms with Crippen LogP contribution >= 0.6 is 0 Å². The van der Waals surface area contributed by atoms with Crippen LogP contribution in [-0.2, 0) is 19.2 Å². The third-order valence-corrected chi connectivity index (χ3v) is 12.1. The summed E-state index contributed by atoms with van der Waals surface area (Å²) in [5, 5.41) is 10.9. The van der Waals surface area contributed by atoms with Gasteiger partial charge in [-0.1, -0.05) is 78.4 Å². The van der Waals surface area contributed by atoms with E-state index in [9.17, 15) is 33.9 Å². The number of phenolic OH excluding ortho intramolecular Hbond substituents is 1. The zero-order valence-electron chi connectivity index (χ0n) is 30.8. The minimum atomic E-state index is -0.854. The molecule has 0 bridgehead atoms. The van der Waals surface area contributed by atoms with Crippen LogP contribution in [0, 0.1) is 29.6 Å². The number of hydrogen-bond donors (Lipinski definition) is 1. The van der Waals surface area contributed by atoms with Gasteiger partial charge in [-0.3, -0.25) is 38.6 Å². The van der Waals surface area contributed by atoms with Crippen LogP contribution in [0.5, 0.6) is 11.5 Å². The van der Waals surface area contributed by atoms with Crippen LogP contribution in [-0.4, -0.2) is 47.4 Å². The number of anilines is 2. The molecular weight excluding hydrogens is 721 g/mol. The highest BCUT2D eigenvalue weighted by Gasteiger charge is 2.62. The third kappa shape index (κ3) is 5.78. The van der Waals surface area contributed by atoms with E-state index in [1.807, 2.05) is 18.2 Å². The summed E-state index contributed by atoms with van der Waals surface area (Å²) >= 11 is 0. The average Bonchev–Trinajstić information content (AvgIpc) is 3.66. The number of ether oxygens (including phenoxy) is 1.